The normalized spacial score (nSPS) is 10.2. The standard InChI is InChI=1S/C16H19N3S/c1-11-7-6-8-12(16(17)20)15(11)18-13-9-4-5-10-14(13)19(2)3/h4-10,18H,1-3H3,(H2,17,20). The first-order valence-corrected chi connectivity index (χ1v) is 6.84. The van der Waals surface area contributed by atoms with Crippen molar-refractivity contribution in [3.63, 3.8) is 0 Å². The number of para-hydroxylation sites is 3. The van der Waals surface area contributed by atoms with E-state index in [2.05, 4.69) is 16.3 Å². The van der Waals surface area contributed by atoms with Gasteiger partial charge < -0.3 is 16.0 Å². The zero-order chi connectivity index (χ0) is 14.7. The second kappa shape index (κ2) is 5.92. The molecule has 3 nitrogen and oxygen atoms in total. The van der Waals surface area contributed by atoms with Gasteiger partial charge in [-0.2, -0.15) is 0 Å². The van der Waals surface area contributed by atoms with Gasteiger partial charge in [-0.05, 0) is 30.7 Å². The fourth-order valence-electron chi connectivity index (χ4n) is 2.14. The quantitative estimate of drug-likeness (QED) is 0.844. The Bertz CT molecular complexity index is 635. The molecule has 2 aromatic carbocycles. The molecular weight excluding hydrogens is 266 g/mol. The number of hydrogen-bond donors (Lipinski definition) is 2. The highest BCUT2D eigenvalue weighted by Gasteiger charge is 2.10. The van der Waals surface area contributed by atoms with Gasteiger partial charge in [0.2, 0.25) is 0 Å². The minimum Gasteiger partial charge on any atom is -0.389 e. The van der Waals surface area contributed by atoms with Crippen molar-refractivity contribution < 1.29 is 0 Å². The van der Waals surface area contributed by atoms with Crippen molar-refractivity contribution in [2.24, 2.45) is 5.73 Å². The summed E-state index contributed by atoms with van der Waals surface area (Å²) in [6.07, 6.45) is 0. The van der Waals surface area contributed by atoms with E-state index >= 15 is 0 Å². The van der Waals surface area contributed by atoms with Crippen molar-refractivity contribution in [3.05, 3.63) is 53.6 Å². The summed E-state index contributed by atoms with van der Waals surface area (Å²) in [5.74, 6) is 0. The van der Waals surface area contributed by atoms with Crippen molar-refractivity contribution >= 4 is 34.3 Å². The van der Waals surface area contributed by atoms with Crippen LogP contribution in [-0.4, -0.2) is 19.1 Å². The van der Waals surface area contributed by atoms with Crippen LogP contribution in [0.4, 0.5) is 17.1 Å². The molecule has 0 heterocycles. The second-order valence-corrected chi connectivity index (χ2v) is 5.34. The lowest BCUT2D eigenvalue weighted by molar-refractivity contribution is 1.13. The smallest absolute Gasteiger partial charge is 0.106 e. The Morgan fingerprint density at radius 1 is 1.10 bits per heavy atom. The number of aryl methyl sites for hydroxylation is 1. The number of benzene rings is 2. The van der Waals surface area contributed by atoms with E-state index in [0.29, 0.717) is 4.99 Å². The van der Waals surface area contributed by atoms with Gasteiger partial charge in [-0.25, -0.2) is 0 Å². The monoisotopic (exact) mass is 285 g/mol. The Morgan fingerprint density at radius 3 is 2.45 bits per heavy atom. The van der Waals surface area contributed by atoms with Crippen LogP contribution in [0, 0.1) is 6.92 Å². The maximum Gasteiger partial charge on any atom is 0.106 e. The number of rotatable bonds is 4. The fraction of sp³-hybridized carbons (Fsp3) is 0.188. The van der Waals surface area contributed by atoms with Crippen LogP contribution in [0.2, 0.25) is 0 Å². The van der Waals surface area contributed by atoms with Gasteiger partial charge in [-0.15, -0.1) is 0 Å². The van der Waals surface area contributed by atoms with Crippen LogP contribution in [-0.2, 0) is 0 Å². The molecule has 20 heavy (non-hydrogen) atoms. The lowest BCUT2D eigenvalue weighted by Crippen LogP contribution is -2.14. The summed E-state index contributed by atoms with van der Waals surface area (Å²) in [6, 6.07) is 14.1. The molecular formula is C16H19N3S. The highest BCUT2D eigenvalue weighted by molar-refractivity contribution is 7.80. The van der Waals surface area contributed by atoms with Crippen LogP contribution in [0.1, 0.15) is 11.1 Å². The maximum absolute atomic E-state index is 5.82. The summed E-state index contributed by atoms with van der Waals surface area (Å²) < 4.78 is 0. The van der Waals surface area contributed by atoms with Gasteiger partial charge in [0.15, 0.2) is 0 Å². The van der Waals surface area contributed by atoms with Crippen molar-refractivity contribution in [2.75, 3.05) is 24.3 Å². The SMILES string of the molecule is Cc1cccc(C(N)=S)c1Nc1ccccc1N(C)C. The van der Waals surface area contributed by atoms with E-state index in [1.807, 2.05) is 57.4 Å². The number of nitrogens with zero attached hydrogens (tertiary/aromatic N) is 1. The summed E-state index contributed by atoms with van der Waals surface area (Å²) in [7, 11) is 4.04. The second-order valence-electron chi connectivity index (χ2n) is 4.90. The molecule has 2 aromatic rings. The van der Waals surface area contributed by atoms with E-state index in [-0.39, 0.29) is 0 Å². The number of nitrogens with one attached hydrogen (secondary N) is 1. The predicted octanol–water partition coefficient (Wildman–Crippen LogP) is 3.44. The summed E-state index contributed by atoms with van der Waals surface area (Å²) in [4.78, 5) is 2.47. The molecule has 0 saturated heterocycles. The molecule has 0 aliphatic carbocycles. The predicted molar refractivity (Wildman–Crippen MR) is 91.1 cm³/mol. The van der Waals surface area contributed by atoms with Gasteiger partial charge in [0.1, 0.15) is 4.99 Å². The molecule has 2 rings (SSSR count). The van der Waals surface area contributed by atoms with Crippen LogP contribution >= 0.6 is 12.2 Å². The third-order valence-electron chi connectivity index (χ3n) is 3.18. The van der Waals surface area contributed by atoms with E-state index in [4.69, 9.17) is 18.0 Å². The van der Waals surface area contributed by atoms with Crippen molar-refractivity contribution in [3.8, 4) is 0 Å². The number of thiocarbonyl (C=S) groups is 1. The van der Waals surface area contributed by atoms with Gasteiger partial charge in [0, 0.05) is 19.7 Å². The lowest BCUT2D eigenvalue weighted by Gasteiger charge is -2.20. The number of anilines is 3. The summed E-state index contributed by atoms with van der Waals surface area (Å²) in [6.45, 7) is 2.04. The molecule has 3 N–H and O–H groups in total. The van der Waals surface area contributed by atoms with Gasteiger partial charge >= 0.3 is 0 Å². The van der Waals surface area contributed by atoms with Gasteiger partial charge in [-0.3, -0.25) is 0 Å². The van der Waals surface area contributed by atoms with E-state index in [0.717, 1.165) is 28.2 Å². The summed E-state index contributed by atoms with van der Waals surface area (Å²) in [5.41, 5.74) is 10.9. The van der Waals surface area contributed by atoms with E-state index in [1.54, 1.807) is 0 Å². The average Bonchev–Trinajstić information content (AvgIpc) is 2.41. The minimum absolute atomic E-state index is 0.401. The molecule has 104 valence electrons. The summed E-state index contributed by atoms with van der Waals surface area (Å²) >= 11 is 5.14. The third-order valence-corrected chi connectivity index (χ3v) is 3.40. The molecule has 0 amide bonds. The molecule has 0 spiro atoms. The lowest BCUT2D eigenvalue weighted by atomic mass is 10.1. The molecule has 0 unspecified atom stereocenters. The molecule has 0 radical (unpaired) electrons. The Kier molecular flexibility index (Phi) is 4.25. The van der Waals surface area contributed by atoms with Crippen molar-refractivity contribution in [2.45, 2.75) is 6.92 Å². The Hall–Kier alpha value is -2.07. The molecule has 0 aromatic heterocycles. The number of nitrogens with two attached hydrogens (primary N) is 1. The molecule has 0 saturated carbocycles. The Balaban J connectivity index is 2.48. The van der Waals surface area contributed by atoms with E-state index in [9.17, 15) is 0 Å². The Labute approximate surface area is 125 Å². The molecule has 0 fully saturated rings. The van der Waals surface area contributed by atoms with Crippen LogP contribution in [0.5, 0.6) is 0 Å². The van der Waals surface area contributed by atoms with Crippen LogP contribution in [0.3, 0.4) is 0 Å². The molecule has 0 atom stereocenters. The van der Waals surface area contributed by atoms with Gasteiger partial charge in [0.25, 0.3) is 0 Å². The third kappa shape index (κ3) is 2.91. The minimum atomic E-state index is 0.401. The van der Waals surface area contributed by atoms with E-state index in [1.165, 1.54) is 0 Å². The summed E-state index contributed by atoms with van der Waals surface area (Å²) in [5, 5.41) is 3.46. The van der Waals surface area contributed by atoms with E-state index < -0.39 is 0 Å². The molecule has 0 aliphatic rings. The largest absolute Gasteiger partial charge is 0.389 e. The van der Waals surface area contributed by atoms with Crippen LogP contribution in [0.25, 0.3) is 0 Å². The first-order valence-electron chi connectivity index (χ1n) is 6.43. The first kappa shape index (κ1) is 14.3. The fourth-order valence-corrected chi connectivity index (χ4v) is 2.31. The van der Waals surface area contributed by atoms with Crippen molar-refractivity contribution in [1.29, 1.82) is 0 Å². The van der Waals surface area contributed by atoms with Crippen molar-refractivity contribution in [1.82, 2.24) is 0 Å². The molecule has 0 bridgehead atoms. The average molecular weight is 285 g/mol. The van der Waals surface area contributed by atoms with Crippen LogP contribution < -0.4 is 16.0 Å². The topological polar surface area (TPSA) is 41.3 Å². The van der Waals surface area contributed by atoms with Gasteiger partial charge in [-0.1, -0.05) is 36.5 Å². The zero-order valence-electron chi connectivity index (χ0n) is 12.0. The van der Waals surface area contributed by atoms with Crippen LogP contribution in [0.15, 0.2) is 42.5 Å². The Morgan fingerprint density at radius 2 is 1.80 bits per heavy atom. The number of hydrogen-bond acceptors (Lipinski definition) is 3. The highest BCUT2D eigenvalue weighted by Crippen LogP contribution is 2.30. The first-order chi connectivity index (χ1) is 9.50. The highest BCUT2D eigenvalue weighted by atomic mass is 32.1. The maximum atomic E-state index is 5.82. The van der Waals surface area contributed by atoms with Gasteiger partial charge in [0.05, 0.1) is 17.1 Å². The zero-order valence-corrected chi connectivity index (χ0v) is 12.8. The molecule has 4 heteroatoms. The molecule has 0 aliphatic heterocycles.